The maximum absolute atomic E-state index is 9.22. The normalized spacial score (nSPS) is 15.9. The fourth-order valence-corrected chi connectivity index (χ4v) is 1.98. The van der Waals surface area contributed by atoms with Crippen LogP contribution in [-0.2, 0) is 6.54 Å². The molecule has 1 aromatic carbocycles. The van der Waals surface area contributed by atoms with Crippen LogP contribution < -0.4 is 5.32 Å². The average Bonchev–Trinajstić information content (AvgIpc) is 3.26. The van der Waals surface area contributed by atoms with Gasteiger partial charge in [-0.1, -0.05) is 24.3 Å². The molecule has 1 saturated carbocycles. The van der Waals surface area contributed by atoms with E-state index in [9.17, 15) is 15.3 Å². The van der Waals surface area contributed by atoms with Crippen molar-refractivity contribution in [1.82, 2.24) is 5.32 Å². The molecule has 1 aromatic rings. The van der Waals surface area contributed by atoms with Crippen LogP contribution in [0.1, 0.15) is 29.9 Å². The number of rotatable bonds is 7. The van der Waals surface area contributed by atoms with E-state index >= 15 is 0 Å². The molecule has 0 aliphatic heterocycles. The van der Waals surface area contributed by atoms with Crippen LogP contribution in [0.3, 0.4) is 0 Å². The first-order valence-corrected chi connectivity index (χ1v) is 6.39. The second kappa shape index (κ2) is 5.80. The third kappa shape index (κ3) is 3.09. The van der Waals surface area contributed by atoms with E-state index in [0.29, 0.717) is 12.5 Å². The molecule has 0 heterocycles. The molecule has 0 bridgehead atoms. The van der Waals surface area contributed by atoms with Crippen LogP contribution >= 0.6 is 0 Å². The van der Waals surface area contributed by atoms with Crippen molar-refractivity contribution in [1.29, 1.82) is 0 Å². The summed E-state index contributed by atoms with van der Waals surface area (Å²) in [5.74, 6) is 0.711. The summed E-state index contributed by atoms with van der Waals surface area (Å²) in [4.78, 5) is 0. The van der Waals surface area contributed by atoms with Gasteiger partial charge in [0, 0.05) is 6.54 Å². The lowest BCUT2D eigenvalue weighted by Crippen LogP contribution is -2.54. The number of aliphatic hydroxyl groups excluding tert-OH is 3. The number of hydrogen-bond donors (Lipinski definition) is 4. The zero-order chi connectivity index (χ0) is 13.0. The lowest BCUT2D eigenvalue weighted by molar-refractivity contribution is 0.0414. The monoisotopic (exact) mass is 251 g/mol. The van der Waals surface area contributed by atoms with Crippen LogP contribution in [-0.4, -0.2) is 40.7 Å². The first-order valence-electron chi connectivity index (χ1n) is 6.39. The van der Waals surface area contributed by atoms with Gasteiger partial charge in [0.2, 0.25) is 0 Å². The molecular formula is C14H21NO3. The minimum atomic E-state index is -1.00. The molecule has 18 heavy (non-hydrogen) atoms. The van der Waals surface area contributed by atoms with Gasteiger partial charge in [-0.25, -0.2) is 0 Å². The highest BCUT2D eigenvalue weighted by molar-refractivity contribution is 5.29. The molecule has 4 heteroatoms. The van der Waals surface area contributed by atoms with Gasteiger partial charge in [0.25, 0.3) is 0 Å². The Morgan fingerprint density at radius 3 is 2.33 bits per heavy atom. The molecule has 100 valence electrons. The van der Waals surface area contributed by atoms with Crippen molar-refractivity contribution in [2.45, 2.75) is 30.8 Å². The molecule has 0 saturated heterocycles. The molecular weight excluding hydrogens is 230 g/mol. The molecule has 0 unspecified atom stereocenters. The standard InChI is InChI=1S/C14H21NO3/c16-8-14(9-17,10-18)15-7-11-2-1-3-13(6-11)12-4-5-12/h1-3,6,12,15-18H,4-5,7-10H2. The number of benzene rings is 1. The largest absolute Gasteiger partial charge is 0.394 e. The Hall–Kier alpha value is -0.940. The molecule has 0 atom stereocenters. The Kier molecular flexibility index (Phi) is 4.35. The molecule has 1 aliphatic carbocycles. The van der Waals surface area contributed by atoms with Crippen LogP contribution in [0, 0.1) is 0 Å². The Morgan fingerprint density at radius 2 is 1.78 bits per heavy atom. The summed E-state index contributed by atoms with van der Waals surface area (Å²) in [6, 6.07) is 8.33. The van der Waals surface area contributed by atoms with Crippen LogP contribution in [0.25, 0.3) is 0 Å². The molecule has 4 nitrogen and oxygen atoms in total. The first-order chi connectivity index (χ1) is 8.73. The zero-order valence-electron chi connectivity index (χ0n) is 10.5. The number of hydrogen-bond acceptors (Lipinski definition) is 4. The summed E-state index contributed by atoms with van der Waals surface area (Å²) < 4.78 is 0. The Balaban J connectivity index is 1.98. The third-order valence-electron chi connectivity index (χ3n) is 3.58. The number of nitrogens with one attached hydrogen (secondary N) is 1. The van der Waals surface area contributed by atoms with Crippen molar-refractivity contribution < 1.29 is 15.3 Å². The van der Waals surface area contributed by atoms with Crippen LogP contribution in [0.2, 0.25) is 0 Å². The van der Waals surface area contributed by atoms with E-state index in [1.54, 1.807) is 0 Å². The van der Waals surface area contributed by atoms with Gasteiger partial charge in [-0.3, -0.25) is 0 Å². The van der Waals surface area contributed by atoms with Crippen molar-refractivity contribution >= 4 is 0 Å². The van der Waals surface area contributed by atoms with E-state index in [0.717, 1.165) is 5.56 Å². The summed E-state index contributed by atoms with van der Waals surface area (Å²) in [5.41, 5.74) is 1.46. The van der Waals surface area contributed by atoms with E-state index in [4.69, 9.17) is 0 Å². The number of aliphatic hydroxyl groups is 3. The van der Waals surface area contributed by atoms with Gasteiger partial charge in [-0.15, -0.1) is 0 Å². The maximum Gasteiger partial charge on any atom is 0.0884 e. The van der Waals surface area contributed by atoms with Crippen molar-refractivity contribution in [2.24, 2.45) is 0 Å². The highest BCUT2D eigenvalue weighted by Gasteiger charge is 2.27. The van der Waals surface area contributed by atoms with E-state index < -0.39 is 5.54 Å². The quantitative estimate of drug-likeness (QED) is 0.565. The van der Waals surface area contributed by atoms with E-state index in [-0.39, 0.29) is 19.8 Å². The molecule has 1 fully saturated rings. The first kappa shape index (κ1) is 13.5. The molecule has 0 radical (unpaired) electrons. The molecule has 2 rings (SSSR count). The van der Waals surface area contributed by atoms with Gasteiger partial charge >= 0.3 is 0 Å². The van der Waals surface area contributed by atoms with Crippen molar-refractivity contribution in [3.8, 4) is 0 Å². The summed E-state index contributed by atoms with van der Waals surface area (Å²) in [7, 11) is 0. The van der Waals surface area contributed by atoms with Crippen molar-refractivity contribution in [3.05, 3.63) is 35.4 Å². The van der Waals surface area contributed by atoms with Gasteiger partial charge in [-0.05, 0) is 29.9 Å². The van der Waals surface area contributed by atoms with Gasteiger partial charge in [0.05, 0.1) is 25.4 Å². The Morgan fingerprint density at radius 1 is 1.11 bits per heavy atom. The average molecular weight is 251 g/mol. The van der Waals surface area contributed by atoms with Crippen molar-refractivity contribution in [2.75, 3.05) is 19.8 Å². The van der Waals surface area contributed by atoms with Gasteiger partial charge in [0.1, 0.15) is 0 Å². The SMILES string of the molecule is OCC(CO)(CO)NCc1cccc(C2CC2)c1. The molecule has 0 amide bonds. The second-order valence-electron chi connectivity index (χ2n) is 5.13. The van der Waals surface area contributed by atoms with Crippen LogP contribution in [0.4, 0.5) is 0 Å². The molecule has 4 N–H and O–H groups in total. The lowest BCUT2D eigenvalue weighted by Gasteiger charge is -2.28. The molecule has 1 aliphatic rings. The Labute approximate surface area is 107 Å². The topological polar surface area (TPSA) is 72.7 Å². The minimum absolute atomic E-state index is 0.289. The van der Waals surface area contributed by atoms with Gasteiger partial charge in [-0.2, -0.15) is 0 Å². The highest BCUT2D eigenvalue weighted by atomic mass is 16.3. The van der Waals surface area contributed by atoms with E-state index in [2.05, 4.69) is 17.4 Å². The smallest absolute Gasteiger partial charge is 0.0884 e. The van der Waals surface area contributed by atoms with E-state index in [1.807, 2.05) is 12.1 Å². The zero-order valence-corrected chi connectivity index (χ0v) is 10.5. The molecule has 0 spiro atoms. The summed E-state index contributed by atoms with van der Waals surface area (Å²) >= 11 is 0. The fourth-order valence-electron chi connectivity index (χ4n) is 1.98. The summed E-state index contributed by atoms with van der Waals surface area (Å²) in [6.07, 6.45) is 2.54. The fraction of sp³-hybridized carbons (Fsp3) is 0.571. The summed E-state index contributed by atoms with van der Waals surface area (Å²) in [6.45, 7) is -0.338. The lowest BCUT2D eigenvalue weighted by atomic mass is 10.0. The second-order valence-corrected chi connectivity index (χ2v) is 5.13. The van der Waals surface area contributed by atoms with Crippen molar-refractivity contribution in [3.63, 3.8) is 0 Å². The van der Waals surface area contributed by atoms with Crippen LogP contribution in [0.5, 0.6) is 0 Å². The third-order valence-corrected chi connectivity index (χ3v) is 3.58. The minimum Gasteiger partial charge on any atom is -0.394 e. The van der Waals surface area contributed by atoms with Crippen LogP contribution in [0.15, 0.2) is 24.3 Å². The van der Waals surface area contributed by atoms with Gasteiger partial charge in [0.15, 0.2) is 0 Å². The predicted molar refractivity (Wildman–Crippen MR) is 69.2 cm³/mol. The van der Waals surface area contributed by atoms with E-state index in [1.165, 1.54) is 18.4 Å². The Bertz CT molecular complexity index is 378. The highest BCUT2D eigenvalue weighted by Crippen LogP contribution is 2.40. The van der Waals surface area contributed by atoms with Gasteiger partial charge < -0.3 is 20.6 Å². The summed E-state index contributed by atoms with van der Waals surface area (Å²) in [5, 5.41) is 30.7. The maximum atomic E-state index is 9.22. The predicted octanol–water partition coefficient (Wildman–Crippen LogP) is 0.369. The molecule has 0 aromatic heterocycles.